The lowest BCUT2D eigenvalue weighted by Gasteiger charge is -2.07. The quantitative estimate of drug-likeness (QED) is 0.772. The molecule has 0 radical (unpaired) electrons. The van der Waals surface area contributed by atoms with Crippen molar-refractivity contribution in [2.75, 3.05) is 0 Å². The van der Waals surface area contributed by atoms with Crippen LogP contribution in [0.2, 0.25) is 0 Å². The van der Waals surface area contributed by atoms with Gasteiger partial charge in [-0.1, -0.05) is 38.1 Å². The van der Waals surface area contributed by atoms with E-state index in [1.54, 1.807) is 11.3 Å². The summed E-state index contributed by atoms with van der Waals surface area (Å²) in [6.07, 6.45) is 4.13. The topological polar surface area (TPSA) is 29.3 Å². The Labute approximate surface area is 123 Å². The molecular formula is C16H19N3S. The second-order valence-electron chi connectivity index (χ2n) is 5.32. The minimum atomic E-state index is 0.593. The first kappa shape index (κ1) is 13.3. The van der Waals surface area contributed by atoms with E-state index in [1.807, 2.05) is 6.20 Å². The maximum Gasteiger partial charge on any atom is 0.193 e. The van der Waals surface area contributed by atoms with Gasteiger partial charge in [0.1, 0.15) is 0 Å². The van der Waals surface area contributed by atoms with Gasteiger partial charge in [0.2, 0.25) is 0 Å². The fourth-order valence-electron chi connectivity index (χ4n) is 2.22. The average molecular weight is 285 g/mol. The van der Waals surface area contributed by atoms with E-state index in [0.29, 0.717) is 5.92 Å². The third-order valence-electron chi connectivity index (χ3n) is 3.42. The summed E-state index contributed by atoms with van der Waals surface area (Å²) >= 11 is 1.67. The maximum atomic E-state index is 4.56. The van der Waals surface area contributed by atoms with Gasteiger partial charge < -0.3 is 5.32 Å². The number of hydrogen-bond acceptors (Lipinski definition) is 3. The Kier molecular flexibility index (Phi) is 3.85. The first-order chi connectivity index (χ1) is 9.72. The van der Waals surface area contributed by atoms with Gasteiger partial charge in [0, 0.05) is 30.9 Å². The van der Waals surface area contributed by atoms with Gasteiger partial charge in [-0.05, 0) is 17.0 Å². The van der Waals surface area contributed by atoms with E-state index in [1.165, 1.54) is 11.1 Å². The van der Waals surface area contributed by atoms with Gasteiger partial charge in [-0.25, -0.2) is 4.98 Å². The van der Waals surface area contributed by atoms with Crippen LogP contribution in [0.5, 0.6) is 0 Å². The van der Waals surface area contributed by atoms with Gasteiger partial charge in [0.05, 0.1) is 5.69 Å². The molecule has 20 heavy (non-hydrogen) atoms. The number of hydrogen-bond donors (Lipinski definition) is 1. The molecule has 0 bridgehead atoms. The van der Waals surface area contributed by atoms with Gasteiger partial charge >= 0.3 is 0 Å². The monoisotopic (exact) mass is 285 g/mol. The first-order valence-electron chi connectivity index (χ1n) is 6.93. The normalized spacial score (nSPS) is 11.6. The van der Waals surface area contributed by atoms with Crippen molar-refractivity contribution in [2.45, 2.75) is 32.9 Å². The van der Waals surface area contributed by atoms with Crippen LogP contribution in [0, 0.1) is 0 Å². The molecule has 1 N–H and O–H groups in total. The Balaban J connectivity index is 1.55. The number of nitrogens with one attached hydrogen (secondary N) is 1. The lowest BCUT2D eigenvalue weighted by molar-refractivity contribution is 0.682. The number of nitrogens with zero attached hydrogens (tertiary/aromatic N) is 2. The van der Waals surface area contributed by atoms with Crippen LogP contribution < -0.4 is 5.32 Å². The average Bonchev–Trinajstić information content (AvgIpc) is 3.00. The highest BCUT2D eigenvalue weighted by molar-refractivity contribution is 7.15. The summed E-state index contributed by atoms with van der Waals surface area (Å²) in [6.45, 7) is 6.12. The van der Waals surface area contributed by atoms with E-state index in [9.17, 15) is 0 Å². The molecule has 2 aromatic heterocycles. The smallest absolute Gasteiger partial charge is 0.193 e. The standard InChI is InChI=1S/C16H19N3S/c1-12(2)14-5-3-13(4-6-14)9-17-10-15-11-19-7-8-20-16(19)18-15/h3-8,11-12,17H,9-10H2,1-2H3. The zero-order valence-electron chi connectivity index (χ0n) is 11.8. The van der Waals surface area contributed by atoms with Crippen molar-refractivity contribution in [3.63, 3.8) is 0 Å². The van der Waals surface area contributed by atoms with Gasteiger partial charge in [0.15, 0.2) is 4.96 Å². The molecule has 0 amide bonds. The van der Waals surface area contributed by atoms with Crippen molar-refractivity contribution >= 4 is 16.3 Å². The number of benzene rings is 1. The molecule has 3 aromatic rings. The SMILES string of the molecule is CC(C)c1ccc(CNCc2cn3ccsc3n2)cc1. The zero-order valence-corrected chi connectivity index (χ0v) is 12.7. The minimum absolute atomic E-state index is 0.593. The number of imidazole rings is 1. The maximum absolute atomic E-state index is 4.56. The molecule has 0 aliphatic rings. The van der Waals surface area contributed by atoms with Crippen molar-refractivity contribution in [3.8, 4) is 0 Å². The Morgan fingerprint density at radius 3 is 2.70 bits per heavy atom. The summed E-state index contributed by atoms with van der Waals surface area (Å²) in [6, 6.07) is 8.84. The van der Waals surface area contributed by atoms with Crippen LogP contribution in [0.25, 0.3) is 4.96 Å². The molecule has 4 heteroatoms. The van der Waals surface area contributed by atoms with E-state index in [0.717, 1.165) is 23.7 Å². The van der Waals surface area contributed by atoms with Gasteiger partial charge in [-0.2, -0.15) is 0 Å². The van der Waals surface area contributed by atoms with E-state index >= 15 is 0 Å². The van der Waals surface area contributed by atoms with E-state index in [2.05, 4.69) is 64.4 Å². The minimum Gasteiger partial charge on any atom is -0.307 e. The van der Waals surface area contributed by atoms with Crippen LogP contribution >= 0.6 is 11.3 Å². The molecule has 104 valence electrons. The Morgan fingerprint density at radius 1 is 1.20 bits per heavy atom. The number of rotatable bonds is 5. The van der Waals surface area contributed by atoms with Crippen molar-refractivity contribution < 1.29 is 0 Å². The largest absolute Gasteiger partial charge is 0.307 e. The fraction of sp³-hybridized carbons (Fsp3) is 0.312. The molecule has 0 atom stereocenters. The van der Waals surface area contributed by atoms with Crippen LogP contribution in [-0.4, -0.2) is 9.38 Å². The highest BCUT2D eigenvalue weighted by atomic mass is 32.1. The molecule has 0 unspecified atom stereocenters. The summed E-state index contributed by atoms with van der Waals surface area (Å²) in [5, 5.41) is 5.50. The molecule has 0 saturated heterocycles. The Hall–Kier alpha value is -1.65. The Bertz CT molecular complexity index is 651. The lowest BCUT2D eigenvalue weighted by Crippen LogP contribution is -2.12. The van der Waals surface area contributed by atoms with Crippen LogP contribution in [0.4, 0.5) is 0 Å². The first-order valence-corrected chi connectivity index (χ1v) is 7.81. The third-order valence-corrected chi connectivity index (χ3v) is 4.20. The lowest BCUT2D eigenvalue weighted by atomic mass is 10.0. The highest BCUT2D eigenvalue weighted by Crippen LogP contribution is 2.15. The predicted octanol–water partition coefficient (Wildman–Crippen LogP) is 3.81. The Morgan fingerprint density at radius 2 is 2.00 bits per heavy atom. The number of thiazole rings is 1. The molecule has 3 nitrogen and oxygen atoms in total. The van der Waals surface area contributed by atoms with Crippen molar-refractivity contribution in [1.29, 1.82) is 0 Å². The summed E-state index contributed by atoms with van der Waals surface area (Å²) < 4.78 is 2.07. The molecule has 0 fully saturated rings. The zero-order chi connectivity index (χ0) is 13.9. The predicted molar refractivity (Wildman–Crippen MR) is 84.1 cm³/mol. The van der Waals surface area contributed by atoms with Crippen LogP contribution in [-0.2, 0) is 13.1 Å². The third kappa shape index (κ3) is 2.92. The van der Waals surface area contributed by atoms with Crippen LogP contribution in [0.3, 0.4) is 0 Å². The van der Waals surface area contributed by atoms with E-state index < -0.39 is 0 Å². The van der Waals surface area contributed by atoms with E-state index in [4.69, 9.17) is 0 Å². The molecule has 3 rings (SSSR count). The molecule has 0 saturated carbocycles. The second-order valence-corrected chi connectivity index (χ2v) is 6.20. The van der Waals surface area contributed by atoms with Gasteiger partial charge in [-0.3, -0.25) is 4.40 Å². The molecule has 2 heterocycles. The number of aromatic nitrogens is 2. The second kappa shape index (κ2) is 5.77. The molecule has 0 aliphatic heterocycles. The fourth-order valence-corrected chi connectivity index (χ4v) is 2.94. The van der Waals surface area contributed by atoms with Gasteiger partial charge in [0.25, 0.3) is 0 Å². The van der Waals surface area contributed by atoms with Crippen molar-refractivity contribution in [2.24, 2.45) is 0 Å². The number of fused-ring (bicyclic) bond motifs is 1. The summed E-state index contributed by atoms with van der Waals surface area (Å²) in [5.74, 6) is 0.593. The van der Waals surface area contributed by atoms with Crippen molar-refractivity contribution in [1.82, 2.24) is 14.7 Å². The summed E-state index contributed by atoms with van der Waals surface area (Å²) in [5.41, 5.74) is 3.80. The van der Waals surface area contributed by atoms with Crippen molar-refractivity contribution in [3.05, 3.63) is 58.9 Å². The van der Waals surface area contributed by atoms with Gasteiger partial charge in [-0.15, -0.1) is 11.3 Å². The molecule has 1 aromatic carbocycles. The summed E-state index contributed by atoms with van der Waals surface area (Å²) in [7, 11) is 0. The van der Waals surface area contributed by atoms with E-state index in [-0.39, 0.29) is 0 Å². The molecular weight excluding hydrogens is 266 g/mol. The molecule has 0 spiro atoms. The van der Waals surface area contributed by atoms with Crippen LogP contribution in [0.1, 0.15) is 36.6 Å². The summed E-state index contributed by atoms with van der Waals surface area (Å²) in [4.78, 5) is 5.62. The highest BCUT2D eigenvalue weighted by Gasteiger charge is 2.02. The van der Waals surface area contributed by atoms with Crippen LogP contribution in [0.15, 0.2) is 42.0 Å². The molecule has 0 aliphatic carbocycles.